The van der Waals surface area contributed by atoms with E-state index < -0.39 is 0 Å². The third kappa shape index (κ3) is 2.79. The fourth-order valence-corrected chi connectivity index (χ4v) is 2.63. The van der Waals surface area contributed by atoms with Crippen molar-refractivity contribution >= 4 is 33.2 Å². The van der Waals surface area contributed by atoms with Gasteiger partial charge in [0.05, 0.1) is 21.5 Å². The van der Waals surface area contributed by atoms with Gasteiger partial charge >= 0.3 is 0 Å². The molecule has 2 rings (SSSR count). The molecular formula is C12H13BrClN3O. The molecule has 0 aliphatic rings. The number of hydrogen-bond donors (Lipinski definition) is 1. The summed E-state index contributed by atoms with van der Waals surface area (Å²) in [4.78, 5) is 0. The lowest BCUT2D eigenvalue weighted by Gasteiger charge is -2.11. The SMILES string of the molecule is Cc1cc(COc2c(N)cc(Cl)cc2Br)n(C)n1. The summed E-state index contributed by atoms with van der Waals surface area (Å²) in [6.45, 7) is 2.35. The molecule has 2 aromatic rings. The monoisotopic (exact) mass is 329 g/mol. The molecule has 6 heteroatoms. The molecule has 0 aliphatic heterocycles. The van der Waals surface area contributed by atoms with Gasteiger partial charge in [0.15, 0.2) is 5.75 Å². The van der Waals surface area contributed by atoms with Crippen molar-refractivity contribution in [2.75, 3.05) is 5.73 Å². The van der Waals surface area contributed by atoms with Crippen molar-refractivity contribution in [3.63, 3.8) is 0 Å². The predicted octanol–water partition coefficient (Wildman–Crippen LogP) is 3.31. The maximum atomic E-state index is 5.89. The fourth-order valence-electron chi connectivity index (χ4n) is 1.68. The summed E-state index contributed by atoms with van der Waals surface area (Å²) in [6, 6.07) is 5.39. The molecule has 1 aromatic heterocycles. The first kappa shape index (κ1) is 13.2. The highest BCUT2D eigenvalue weighted by atomic mass is 79.9. The zero-order chi connectivity index (χ0) is 13.3. The van der Waals surface area contributed by atoms with Crippen LogP contribution in [0.3, 0.4) is 0 Å². The number of anilines is 1. The minimum atomic E-state index is 0.405. The van der Waals surface area contributed by atoms with Crippen LogP contribution in [0.15, 0.2) is 22.7 Å². The maximum Gasteiger partial charge on any atom is 0.157 e. The largest absolute Gasteiger partial charge is 0.484 e. The molecule has 2 N–H and O–H groups in total. The molecule has 0 fully saturated rings. The first-order valence-electron chi connectivity index (χ1n) is 5.34. The Balaban J connectivity index is 2.18. The number of hydrogen-bond acceptors (Lipinski definition) is 3. The lowest BCUT2D eigenvalue weighted by Crippen LogP contribution is -2.04. The fraction of sp³-hybridized carbons (Fsp3) is 0.250. The van der Waals surface area contributed by atoms with Crippen LogP contribution in [0.25, 0.3) is 0 Å². The quantitative estimate of drug-likeness (QED) is 0.879. The second-order valence-electron chi connectivity index (χ2n) is 4.00. The molecule has 0 spiro atoms. The van der Waals surface area contributed by atoms with Crippen molar-refractivity contribution in [2.24, 2.45) is 7.05 Å². The topological polar surface area (TPSA) is 53.1 Å². The van der Waals surface area contributed by atoms with Gasteiger partial charge in [-0.1, -0.05) is 11.6 Å². The van der Waals surface area contributed by atoms with Gasteiger partial charge in [-0.15, -0.1) is 0 Å². The van der Waals surface area contributed by atoms with Crippen molar-refractivity contribution in [1.29, 1.82) is 0 Å². The van der Waals surface area contributed by atoms with E-state index >= 15 is 0 Å². The smallest absolute Gasteiger partial charge is 0.157 e. The third-order valence-corrected chi connectivity index (χ3v) is 3.31. The van der Waals surface area contributed by atoms with Crippen LogP contribution in [-0.2, 0) is 13.7 Å². The summed E-state index contributed by atoms with van der Waals surface area (Å²) in [5, 5.41) is 4.83. The normalized spacial score (nSPS) is 10.7. The number of benzene rings is 1. The van der Waals surface area contributed by atoms with E-state index in [-0.39, 0.29) is 0 Å². The van der Waals surface area contributed by atoms with Crippen LogP contribution in [-0.4, -0.2) is 9.78 Å². The van der Waals surface area contributed by atoms with Gasteiger partial charge in [0.2, 0.25) is 0 Å². The molecule has 0 saturated carbocycles. The average molecular weight is 331 g/mol. The van der Waals surface area contributed by atoms with E-state index in [4.69, 9.17) is 22.1 Å². The number of aryl methyl sites for hydroxylation is 2. The zero-order valence-electron chi connectivity index (χ0n) is 10.1. The molecular weight excluding hydrogens is 318 g/mol. The predicted molar refractivity (Wildman–Crippen MR) is 75.8 cm³/mol. The Labute approximate surface area is 119 Å². The lowest BCUT2D eigenvalue weighted by atomic mass is 10.3. The Hall–Kier alpha value is -1.20. The second-order valence-corrected chi connectivity index (χ2v) is 5.29. The maximum absolute atomic E-state index is 5.89. The first-order chi connectivity index (χ1) is 8.47. The number of nitrogens with zero attached hydrogens (tertiary/aromatic N) is 2. The molecule has 0 saturated heterocycles. The molecule has 0 amide bonds. The molecule has 0 radical (unpaired) electrons. The van der Waals surface area contributed by atoms with Gasteiger partial charge in [-0.3, -0.25) is 4.68 Å². The van der Waals surface area contributed by atoms with E-state index in [1.54, 1.807) is 16.8 Å². The molecule has 1 heterocycles. The Morgan fingerprint density at radius 2 is 2.17 bits per heavy atom. The molecule has 0 aliphatic carbocycles. The zero-order valence-corrected chi connectivity index (χ0v) is 12.4. The molecule has 0 atom stereocenters. The Bertz CT molecular complexity index is 560. The van der Waals surface area contributed by atoms with Gasteiger partial charge in [0, 0.05) is 12.1 Å². The van der Waals surface area contributed by atoms with Gasteiger partial charge in [0.25, 0.3) is 0 Å². The molecule has 18 heavy (non-hydrogen) atoms. The van der Waals surface area contributed by atoms with Gasteiger partial charge in [-0.2, -0.15) is 5.10 Å². The summed E-state index contributed by atoms with van der Waals surface area (Å²) >= 11 is 9.27. The van der Waals surface area contributed by atoms with Crippen LogP contribution in [0.1, 0.15) is 11.4 Å². The van der Waals surface area contributed by atoms with E-state index in [0.717, 1.165) is 15.9 Å². The van der Waals surface area contributed by atoms with E-state index in [0.29, 0.717) is 23.1 Å². The van der Waals surface area contributed by atoms with Gasteiger partial charge < -0.3 is 10.5 Å². The first-order valence-corrected chi connectivity index (χ1v) is 6.51. The average Bonchev–Trinajstić information content (AvgIpc) is 2.55. The molecule has 96 valence electrons. The highest BCUT2D eigenvalue weighted by Gasteiger charge is 2.09. The van der Waals surface area contributed by atoms with Crippen molar-refractivity contribution < 1.29 is 4.74 Å². The molecule has 1 aromatic carbocycles. The van der Waals surface area contributed by atoms with E-state index in [1.807, 2.05) is 20.0 Å². The van der Waals surface area contributed by atoms with Crippen molar-refractivity contribution in [1.82, 2.24) is 9.78 Å². The Morgan fingerprint density at radius 3 is 2.72 bits per heavy atom. The van der Waals surface area contributed by atoms with Crippen LogP contribution in [0.4, 0.5) is 5.69 Å². The Kier molecular flexibility index (Phi) is 3.82. The summed E-state index contributed by atoms with van der Waals surface area (Å²) in [6.07, 6.45) is 0. The number of nitrogen functional groups attached to an aromatic ring is 1. The van der Waals surface area contributed by atoms with Crippen molar-refractivity contribution in [3.05, 3.63) is 39.1 Å². The highest BCUT2D eigenvalue weighted by molar-refractivity contribution is 9.10. The summed E-state index contributed by atoms with van der Waals surface area (Å²) in [7, 11) is 1.88. The van der Waals surface area contributed by atoms with Crippen LogP contribution in [0, 0.1) is 6.92 Å². The number of aromatic nitrogens is 2. The number of ether oxygens (including phenoxy) is 1. The van der Waals surface area contributed by atoms with E-state index in [2.05, 4.69) is 21.0 Å². The van der Waals surface area contributed by atoms with Crippen LogP contribution in [0.2, 0.25) is 5.02 Å². The standard InChI is InChI=1S/C12H13BrClN3O/c1-7-3-9(17(2)16-7)6-18-12-10(13)4-8(14)5-11(12)15/h3-5H,6,15H2,1-2H3. The highest BCUT2D eigenvalue weighted by Crippen LogP contribution is 2.35. The number of rotatable bonds is 3. The molecule has 4 nitrogen and oxygen atoms in total. The van der Waals surface area contributed by atoms with Gasteiger partial charge in [0.1, 0.15) is 6.61 Å². The van der Waals surface area contributed by atoms with Gasteiger partial charge in [-0.05, 0) is 41.1 Å². The van der Waals surface area contributed by atoms with Crippen LogP contribution in [0.5, 0.6) is 5.75 Å². The second kappa shape index (κ2) is 5.20. The molecule has 0 bridgehead atoms. The minimum Gasteiger partial charge on any atom is -0.484 e. The van der Waals surface area contributed by atoms with Crippen molar-refractivity contribution in [2.45, 2.75) is 13.5 Å². The number of nitrogens with two attached hydrogens (primary N) is 1. The summed E-state index contributed by atoms with van der Waals surface area (Å²) < 4.78 is 8.24. The van der Waals surface area contributed by atoms with Crippen LogP contribution < -0.4 is 10.5 Å². The number of halogens is 2. The van der Waals surface area contributed by atoms with Crippen LogP contribution >= 0.6 is 27.5 Å². The lowest BCUT2D eigenvalue weighted by molar-refractivity contribution is 0.294. The third-order valence-electron chi connectivity index (χ3n) is 2.50. The molecule has 0 unspecified atom stereocenters. The summed E-state index contributed by atoms with van der Waals surface area (Å²) in [5.41, 5.74) is 8.31. The Morgan fingerprint density at radius 1 is 1.44 bits per heavy atom. The summed E-state index contributed by atoms with van der Waals surface area (Å²) in [5.74, 6) is 0.596. The minimum absolute atomic E-state index is 0.405. The van der Waals surface area contributed by atoms with Gasteiger partial charge in [-0.25, -0.2) is 0 Å². The van der Waals surface area contributed by atoms with E-state index in [9.17, 15) is 0 Å². The van der Waals surface area contributed by atoms with E-state index in [1.165, 1.54) is 0 Å². The van der Waals surface area contributed by atoms with Crippen molar-refractivity contribution in [3.8, 4) is 5.75 Å².